The van der Waals surface area contributed by atoms with Gasteiger partial charge in [0.15, 0.2) is 5.96 Å². The first-order chi connectivity index (χ1) is 12.6. The molecule has 0 saturated heterocycles. The van der Waals surface area contributed by atoms with Crippen molar-refractivity contribution in [3.8, 4) is 5.75 Å². The molecule has 1 aromatic carbocycles. The Bertz CT molecular complexity index is 743. The molecule has 1 amide bonds. The molecular weight excluding hydrogens is 348 g/mol. The molecule has 2 aromatic rings. The number of benzene rings is 1. The minimum absolute atomic E-state index is 0.101. The Morgan fingerprint density at radius 2 is 2.12 bits per heavy atom. The van der Waals surface area contributed by atoms with Gasteiger partial charge >= 0.3 is 0 Å². The van der Waals surface area contributed by atoms with Gasteiger partial charge in [-0.1, -0.05) is 6.07 Å². The lowest BCUT2D eigenvalue weighted by Gasteiger charge is -2.12. The maximum atomic E-state index is 11.1. The Morgan fingerprint density at radius 1 is 1.27 bits per heavy atom. The molecule has 0 aliphatic carbocycles. The van der Waals surface area contributed by atoms with Gasteiger partial charge in [-0.2, -0.15) is 0 Å². The molecule has 0 saturated carbocycles. The molecule has 0 bridgehead atoms. The number of carbonyl (C=O) groups is 1. The second-order valence-corrected chi connectivity index (χ2v) is 6.71. The number of rotatable bonds is 8. The Morgan fingerprint density at radius 3 is 2.81 bits per heavy atom. The van der Waals surface area contributed by atoms with Crippen LogP contribution in [-0.2, 0) is 11.3 Å². The lowest BCUT2D eigenvalue weighted by atomic mass is 10.3. The van der Waals surface area contributed by atoms with Crippen molar-refractivity contribution in [1.82, 2.24) is 10.6 Å². The molecule has 1 heterocycles. The summed E-state index contributed by atoms with van der Waals surface area (Å²) in [5, 5.41) is 11.3. The molecule has 3 N–H and O–H groups in total. The number of aliphatic imine (C=N–C) groups is 1. The summed E-state index contributed by atoms with van der Waals surface area (Å²) in [6.45, 7) is 8.21. The monoisotopic (exact) mass is 374 g/mol. The van der Waals surface area contributed by atoms with E-state index in [0.29, 0.717) is 25.4 Å². The van der Waals surface area contributed by atoms with E-state index in [1.165, 1.54) is 17.4 Å². The average Bonchev–Trinajstić information content (AvgIpc) is 3.01. The number of amides is 1. The zero-order chi connectivity index (χ0) is 18.8. The fraction of sp³-hybridized carbons (Fsp3) is 0.368. The first-order valence-electron chi connectivity index (χ1n) is 8.64. The normalized spacial score (nSPS) is 11.1. The smallest absolute Gasteiger partial charge is 0.221 e. The van der Waals surface area contributed by atoms with Gasteiger partial charge in [-0.25, -0.2) is 4.99 Å². The van der Waals surface area contributed by atoms with Gasteiger partial charge in [-0.3, -0.25) is 4.79 Å². The molecular formula is C19H26N4O2S. The molecule has 0 unspecified atom stereocenters. The second kappa shape index (κ2) is 10.5. The molecule has 0 aliphatic rings. The lowest BCUT2D eigenvalue weighted by Crippen LogP contribution is -2.39. The number of nitrogens with one attached hydrogen (secondary N) is 3. The topological polar surface area (TPSA) is 74.8 Å². The van der Waals surface area contributed by atoms with Crippen molar-refractivity contribution in [2.45, 2.75) is 27.3 Å². The third kappa shape index (κ3) is 6.76. The molecule has 0 fully saturated rings. The zero-order valence-electron chi connectivity index (χ0n) is 15.5. The highest BCUT2D eigenvalue weighted by molar-refractivity contribution is 7.10. The van der Waals surface area contributed by atoms with E-state index in [1.54, 1.807) is 17.4 Å². The van der Waals surface area contributed by atoms with E-state index in [2.05, 4.69) is 39.3 Å². The van der Waals surface area contributed by atoms with Crippen molar-refractivity contribution in [3.63, 3.8) is 0 Å². The van der Waals surface area contributed by atoms with Gasteiger partial charge in [0.2, 0.25) is 5.91 Å². The van der Waals surface area contributed by atoms with Crippen molar-refractivity contribution < 1.29 is 9.53 Å². The van der Waals surface area contributed by atoms with Crippen molar-refractivity contribution in [2.75, 3.05) is 25.0 Å². The van der Waals surface area contributed by atoms with Gasteiger partial charge in [-0.05, 0) is 43.0 Å². The Kier molecular flexibility index (Phi) is 7.95. The highest BCUT2D eigenvalue weighted by atomic mass is 32.1. The minimum atomic E-state index is -0.101. The maximum absolute atomic E-state index is 11.1. The predicted octanol–water partition coefficient (Wildman–Crippen LogP) is 3.15. The summed E-state index contributed by atoms with van der Waals surface area (Å²) in [5.41, 5.74) is 2.00. The van der Waals surface area contributed by atoms with Crippen molar-refractivity contribution in [2.24, 2.45) is 4.99 Å². The maximum Gasteiger partial charge on any atom is 0.221 e. The number of hydrogen-bond donors (Lipinski definition) is 3. The van der Waals surface area contributed by atoms with Crippen molar-refractivity contribution in [1.29, 1.82) is 0 Å². The van der Waals surface area contributed by atoms with E-state index in [1.807, 2.05) is 25.1 Å². The molecule has 0 atom stereocenters. The van der Waals surface area contributed by atoms with Gasteiger partial charge in [0.25, 0.3) is 0 Å². The fourth-order valence-corrected chi connectivity index (χ4v) is 3.09. The summed E-state index contributed by atoms with van der Waals surface area (Å²) in [6, 6.07) is 9.46. The standard InChI is InChI=1S/C19H26N4O2S/c1-4-20-19(22-13-18-14(2)8-11-26-18)21-9-10-25-17-7-5-6-16(12-17)23-15(3)24/h5-8,11-12H,4,9-10,13H2,1-3H3,(H,23,24)(H2,20,21,22). The molecule has 0 spiro atoms. The van der Waals surface area contributed by atoms with Crippen LogP contribution in [0.2, 0.25) is 0 Å². The summed E-state index contributed by atoms with van der Waals surface area (Å²) < 4.78 is 5.73. The second-order valence-electron chi connectivity index (χ2n) is 5.71. The van der Waals surface area contributed by atoms with Crippen LogP contribution >= 0.6 is 11.3 Å². The summed E-state index contributed by atoms with van der Waals surface area (Å²) in [5.74, 6) is 1.39. The number of carbonyl (C=O) groups excluding carboxylic acids is 1. The minimum Gasteiger partial charge on any atom is -0.492 e. The molecule has 7 heteroatoms. The van der Waals surface area contributed by atoms with Gasteiger partial charge in [0.1, 0.15) is 12.4 Å². The molecule has 6 nitrogen and oxygen atoms in total. The first kappa shape index (κ1) is 19.8. The highest BCUT2D eigenvalue weighted by Gasteiger charge is 2.02. The number of thiophene rings is 1. The van der Waals surface area contributed by atoms with E-state index in [9.17, 15) is 4.79 Å². The quantitative estimate of drug-likeness (QED) is 0.377. The summed E-state index contributed by atoms with van der Waals surface area (Å²) in [4.78, 5) is 17.0. The third-order valence-electron chi connectivity index (χ3n) is 3.51. The molecule has 1 aromatic heterocycles. The number of anilines is 1. The zero-order valence-corrected chi connectivity index (χ0v) is 16.3. The van der Waals surface area contributed by atoms with E-state index in [-0.39, 0.29) is 5.91 Å². The third-order valence-corrected chi connectivity index (χ3v) is 4.52. The van der Waals surface area contributed by atoms with Crippen LogP contribution in [0.3, 0.4) is 0 Å². The Balaban J connectivity index is 1.80. The van der Waals surface area contributed by atoms with Crippen LogP contribution in [0.15, 0.2) is 40.7 Å². The van der Waals surface area contributed by atoms with Gasteiger partial charge in [0, 0.05) is 30.1 Å². The van der Waals surface area contributed by atoms with E-state index < -0.39 is 0 Å². The van der Waals surface area contributed by atoms with E-state index in [4.69, 9.17) is 4.74 Å². The highest BCUT2D eigenvalue weighted by Crippen LogP contribution is 2.17. The number of ether oxygens (including phenoxy) is 1. The van der Waals surface area contributed by atoms with Gasteiger partial charge < -0.3 is 20.7 Å². The SMILES string of the molecule is CCNC(=NCc1sccc1C)NCCOc1cccc(NC(C)=O)c1. The Hall–Kier alpha value is -2.54. The fourth-order valence-electron chi connectivity index (χ4n) is 2.26. The largest absolute Gasteiger partial charge is 0.492 e. The first-order valence-corrected chi connectivity index (χ1v) is 9.52. The average molecular weight is 375 g/mol. The Labute approximate surface area is 158 Å². The van der Waals surface area contributed by atoms with Crippen LogP contribution in [0, 0.1) is 6.92 Å². The number of aryl methyl sites for hydroxylation is 1. The molecule has 140 valence electrons. The summed E-state index contributed by atoms with van der Waals surface area (Å²) in [7, 11) is 0. The van der Waals surface area contributed by atoms with Gasteiger partial charge in [-0.15, -0.1) is 11.3 Å². The molecule has 26 heavy (non-hydrogen) atoms. The summed E-state index contributed by atoms with van der Waals surface area (Å²) >= 11 is 1.72. The van der Waals surface area contributed by atoms with E-state index >= 15 is 0 Å². The lowest BCUT2D eigenvalue weighted by molar-refractivity contribution is -0.114. The number of nitrogens with zero attached hydrogens (tertiary/aromatic N) is 1. The van der Waals surface area contributed by atoms with Gasteiger partial charge in [0.05, 0.1) is 13.1 Å². The van der Waals surface area contributed by atoms with Crippen LogP contribution in [0.25, 0.3) is 0 Å². The van der Waals surface area contributed by atoms with Crippen LogP contribution in [0.1, 0.15) is 24.3 Å². The van der Waals surface area contributed by atoms with Crippen molar-refractivity contribution in [3.05, 3.63) is 46.2 Å². The van der Waals surface area contributed by atoms with Crippen LogP contribution < -0.4 is 20.7 Å². The van der Waals surface area contributed by atoms with Crippen molar-refractivity contribution >= 4 is 28.9 Å². The van der Waals surface area contributed by atoms with Crippen LogP contribution in [0.5, 0.6) is 5.75 Å². The van der Waals surface area contributed by atoms with Crippen LogP contribution in [-0.4, -0.2) is 31.6 Å². The predicted molar refractivity (Wildman–Crippen MR) is 108 cm³/mol. The van der Waals surface area contributed by atoms with Crippen LogP contribution in [0.4, 0.5) is 5.69 Å². The number of hydrogen-bond acceptors (Lipinski definition) is 4. The molecule has 0 aliphatic heterocycles. The molecule has 0 radical (unpaired) electrons. The van der Waals surface area contributed by atoms with E-state index in [0.717, 1.165) is 18.2 Å². The number of guanidine groups is 1. The summed E-state index contributed by atoms with van der Waals surface area (Å²) in [6.07, 6.45) is 0. The molecule has 2 rings (SSSR count).